The molecule has 1 aromatic rings. The van der Waals surface area contributed by atoms with E-state index in [-0.39, 0.29) is 5.91 Å². The fourth-order valence-electron chi connectivity index (χ4n) is 2.60. The fourth-order valence-corrected chi connectivity index (χ4v) is 2.60. The first kappa shape index (κ1) is 14.8. The van der Waals surface area contributed by atoms with E-state index >= 15 is 0 Å². The van der Waals surface area contributed by atoms with E-state index in [0.29, 0.717) is 5.69 Å². The average Bonchev–Trinajstić information content (AvgIpc) is 2.67. The van der Waals surface area contributed by atoms with Gasteiger partial charge in [-0.15, -0.1) is 6.58 Å². The molecule has 0 spiro atoms. The fraction of sp³-hybridized carbons (Fsp3) is 0.600. The van der Waals surface area contributed by atoms with Gasteiger partial charge in [0.1, 0.15) is 5.69 Å². The van der Waals surface area contributed by atoms with Crippen molar-refractivity contribution in [2.45, 2.75) is 19.8 Å². The standard InChI is InChI=1S/C15H24N4O/c1-4-7-18-8-6-9-19(11-10-18)15(20)14-12-13(5-2)16-17(14)3/h4,12H,1,5-11H2,2-3H3. The predicted octanol–water partition coefficient (Wildman–Crippen LogP) is 1.32. The lowest BCUT2D eigenvalue weighted by Crippen LogP contribution is -2.36. The lowest BCUT2D eigenvalue weighted by Gasteiger charge is -2.21. The van der Waals surface area contributed by atoms with E-state index in [1.54, 1.807) is 4.68 Å². The summed E-state index contributed by atoms with van der Waals surface area (Å²) in [6, 6.07) is 1.91. The van der Waals surface area contributed by atoms with E-state index in [1.807, 2.05) is 24.1 Å². The third-order valence-corrected chi connectivity index (χ3v) is 3.77. The van der Waals surface area contributed by atoms with Gasteiger partial charge in [-0.1, -0.05) is 13.0 Å². The van der Waals surface area contributed by atoms with E-state index in [4.69, 9.17) is 0 Å². The summed E-state index contributed by atoms with van der Waals surface area (Å²) in [5.41, 5.74) is 1.66. The molecule has 0 unspecified atom stereocenters. The first-order valence-corrected chi connectivity index (χ1v) is 7.31. The van der Waals surface area contributed by atoms with Crippen molar-refractivity contribution in [2.75, 3.05) is 32.7 Å². The number of aromatic nitrogens is 2. The zero-order chi connectivity index (χ0) is 14.5. The van der Waals surface area contributed by atoms with Crippen LogP contribution in [0.4, 0.5) is 0 Å². The zero-order valence-corrected chi connectivity index (χ0v) is 12.5. The van der Waals surface area contributed by atoms with Gasteiger partial charge < -0.3 is 4.90 Å². The Morgan fingerprint density at radius 3 is 2.85 bits per heavy atom. The second kappa shape index (κ2) is 6.70. The van der Waals surface area contributed by atoms with Gasteiger partial charge in [0.15, 0.2) is 0 Å². The highest BCUT2D eigenvalue weighted by Crippen LogP contribution is 2.11. The van der Waals surface area contributed by atoms with Crippen LogP contribution in [0.25, 0.3) is 0 Å². The van der Waals surface area contributed by atoms with Crippen molar-refractivity contribution in [3.63, 3.8) is 0 Å². The topological polar surface area (TPSA) is 41.4 Å². The highest BCUT2D eigenvalue weighted by Gasteiger charge is 2.22. The Bertz CT molecular complexity index is 480. The molecule has 1 aliphatic heterocycles. The van der Waals surface area contributed by atoms with Gasteiger partial charge in [-0.25, -0.2) is 0 Å². The monoisotopic (exact) mass is 276 g/mol. The Labute approximate surface area is 120 Å². The van der Waals surface area contributed by atoms with E-state index in [9.17, 15) is 4.79 Å². The third kappa shape index (κ3) is 3.28. The SMILES string of the molecule is C=CCN1CCCN(C(=O)c2cc(CC)nn2C)CC1. The average molecular weight is 276 g/mol. The molecule has 1 aromatic heterocycles. The summed E-state index contributed by atoms with van der Waals surface area (Å²) in [4.78, 5) is 16.9. The highest BCUT2D eigenvalue weighted by atomic mass is 16.2. The highest BCUT2D eigenvalue weighted by molar-refractivity contribution is 5.92. The van der Waals surface area contributed by atoms with Gasteiger partial charge in [-0.05, 0) is 18.9 Å². The van der Waals surface area contributed by atoms with Crippen LogP contribution in [-0.2, 0) is 13.5 Å². The summed E-state index contributed by atoms with van der Waals surface area (Å²) in [6.45, 7) is 10.3. The van der Waals surface area contributed by atoms with E-state index in [2.05, 4.69) is 23.5 Å². The van der Waals surface area contributed by atoms with Gasteiger partial charge in [0.05, 0.1) is 5.69 Å². The minimum Gasteiger partial charge on any atom is -0.336 e. The molecule has 0 radical (unpaired) electrons. The van der Waals surface area contributed by atoms with Crippen LogP contribution in [0, 0.1) is 0 Å². The van der Waals surface area contributed by atoms with Gasteiger partial charge >= 0.3 is 0 Å². The lowest BCUT2D eigenvalue weighted by atomic mass is 10.2. The number of rotatable bonds is 4. The minimum absolute atomic E-state index is 0.0974. The Hall–Kier alpha value is -1.62. The van der Waals surface area contributed by atoms with E-state index < -0.39 is 0 Å². The molecule has 1 fully saturated rings. The number of aryl methyl sites for hydroxylation is 2. The summed E-state index contributed by atoms with van der Waals surface area (Å²) in [5, 5.41) is 4.36. The molecule has 110 valence electrons. The molecule has 0 saturated carbocycles. The van der Waals surface area contributed by atoms with Crippen molar-refractivity contribution in [3.8, 4) is 0 Å². The van der Waals surface area contributed by atoms with Crippen LogP contribution in [0.5, 0.6) is 0 Å². The molecular weight excluding hydrogens is 252 g/mol. The number of hydrogen-bond acceptors (Lipinski definition) is 3. The quantitative estimate of drug-likeness (QED) is 0.779. The van der Waals surface area contributed by atoms with Crippen LogP contribution in [0.15, 0.2) is 18.7 Å². The molecule has 1 amide bonds. The van der Waals surface area contributed by atoms with E-state index in [1.165, 1.54) is 0 Å². The van der Waals surface area contributed by atoms with Gasteiger partial charge in [0.25, 0.3) is 5.91 Å². The van der Waals surface area contributed by atoms with Gasteiger partial charge in [0.2, 0.25) is 0 Å². The molecule has 2 heterocycles. The first-order chi connectivity index (χ1) is 9.65. The van der Waals surface area contributed by atoms with Crippen LogP contribution in [0.3, 0.4) is 0 Å². The van der Waals surface area contributed by atoms with Crippen LogP contribution in [-0.4, -0.2) is 58.2 Å². The van der Waals surface area contributed by atoms with Gasteiger partial charge in [0, 0.05) is 39.8 Å². The molecule has 1 saturated heterocycles. The number of carbonyl (C=O) groups excluding carboxylic acids is 1. The maximum Gasteiger partial charge on any atom is 0.272 e. The summed E-state index contributed by atoms with van der Waals surface area (Å²) in [6.07, 6.45) is 3.79. The molecule has 5 nitrogen and oxygen atoms in total. The molecule has 5 heteroatoms. The summed E-state index contributed by atoms with van der Waals surface area (Å²) in [7, 11) is 1.84. The Morgan fingerprint density at radius 2 is 2.20 bits per heavy atom. The summed E-state index contributed by atoms with van der Waals surface area (Å²) in [5.74, 6) is 0.0974. The van der Waals surface area contributed by atoms with Crippen LogP contribution in [0.2, 0.25) is 0 Å². The zero-order valence-electron chi connectivity index (χ0n) is 12.5. The molecule has 0 aromatic carbocycles. The Balaban J connectivity index is 2.05. The molecule has 1 aliphatic rings. The smallest absolute Gasteiger partial charge is 0.272 e. The van der Waals surface area contributed by atoms with E-state index in [0.717, 1.165) is 51.3 Å². The van der Waals surface area contributed by atoms with Crippen LogP contribution in [0.1, 0.15) is 29.5 Å². The number of carbonyl (C=O) groups is 1. The van der Waals surface area contributed by atoms with Crippen molar-refractivity contribution in [1.29, 1.82) is 0 Å². The first-order valence-electron chi connectivity index (χ1n) is 7.31. The van der Waals surface area contributed by atoms with Gasteiger partial charge in [-0.3, -0.25) is 14.4 Å². The second-order valence-corrected chi connectivity index (χ2v) is 5.23. The van der Waals surface area contributed by atoms with Crippen molar-refractivity contribution in [1.82, 2.24) is 19.6 Å². The molecule has 0 atom stereocenters. The predicted molar refractivity (Wildman–Crippen MR) is 79.7 cm³/mol. The largest absolute Gasteiger partial charge is 0.336 e. The van der Waals surface area contributed by atoms with Crippen molar-refractivity contribution >= 4 is 5.91 Å². The molecule has 2 rings (SSSR count). The van der Waals surface area contributed by atoms with Gasteiger partial charge in [-0.2, -0.15) is 5.10 Å². The lowest BCUT2D eigenvalue weighted by molar-refractivity contribution is 0.0751. The normalized spacial score (nSPS) is 17.0. The Morgan fingerprint density at radius 1 is 1.40 bits per heavy atom. The number of nitrogens with zero attached hydrogens (tertiary/aromatic N) is 4. The maximum absolute atomic E-state index is 12.6. The minimum atomic E-state index is 0.0974. The molecule has 0 aliphatic carbocycles. The summed E-state index contributed by atoms with van der Waals surface area (Å²) >= 11 is 0. The van der Waals surface area contributed by atoms with Crippen molar-refractivity contribution in [2.24, 2.45) is 7.05 Å². The molecular formula is C15H24N4O. The van der Waals surface area contributed by atoms with Crippen molar-refractivity contribution in [3.05, 3.63) is 30.1 Å². The Kier molecular flexibility index (Phi) is 4.95. The number of hydrogen-bond donors (Lipinski definition) is 0. The number of amides is 1. The molecule has 20 heavy (non-hydrogen) atoms. The van der Waals surface area contributed by atoms with Crippen molar-refractivity contribution < 1.29 is 4.79 Å². The molecule has 0 N–H and O–H groups in total. The van der Waals surface area contributed by atoms with Crippen LogP contribution >= 0.6 is 0 Å². The van der Waals surface area contributed by atoms with Crippen LogP contribution < -0.4 is 0 Å². The maximum atomic E-state index is 12.6. The summed E-state index contributed by atoms with van der Waals surface area (Å²) < 4.78 is 1.70. The molecule has 0 bridgehead atoms. The third-order valence-electron chi connectivity index (χ3n) is 3.77. The second-order valence-electron chi connectivity index (χ2n) is 5.23.